The summed E-state index contributed by atoms with van der Waals surface area (Å²) in [5.41, 5.74) is 2.76. The smallest absolute Gasteiger partial charge is 0.224 e. The highest BCUT2D eigenvalue weighted by molar-refractivity contribution is 5.77. The minimum Gasteiger partial charge on any atom is -0.339 e. The second-order valence-electron chi connectivity index (χ2n) is 6.68. The molecule has 1 amide bonds. The number of carbonyl (C=O) groups is 1. The van der Waals surface area contributed by atoms with Crippen LogP contribution in [0.5, 0.6) is 0 Å². The molecule has 0 saturated carbocycles. The molecule has 3 rings (SSSR count). The molecule has 1 aromatic rings. The SMILES string of the molecule is Cc1ccccc1C1CC(C)N(C(=O)CC2CCCN2)C1. The van der Waals surface area contributed by atoms with Crippen molar-refractivity contribution in [1.82, 2.24) is 10.2 Å². The zero-order valence-electron chi connectivity index (χ0n) is 13.1. The summed E-state index contributed by atoms with van der Waals surface area (Å²) in [7, 11) is 0. The third-order valence-corrected chi connectivity index (χ3v) is 5.11. The molecule has 21 heavy (non-hydrogen) atoms. The summed E-state index contributed by atoms with van der Waals surface area (Å²) < 4.78 is 0. The number of nitrogens with one attached hydrogen (secondary N) is 1. The highest BCUT2D eigenvalue weighted by Crippen LogP contribution is 2.33. The van der Waals surface area contributed by atoms with Crippen LogP contribution in [0.2, 0.25) is 0 Å². The summed E-state index contributed by atoms with van der Waals surface area (Å²) in [4.78, 5) is 14.7. The Kier molecular flexibility index (Phi) is 4.29. The summed E-state index contributed by atoms with van der Waals surface area (Å²) in [5, 5.41) is 3.43. The Balaban J connectivity index is 1.65. The third-order valence-electron chi connectivity index (χ3n) is 5.11. The van der Waals surface area contributed by atoms with E-state index in [-0.39, 0.29) is 0 Å². The van der Waals surface area contributed by atoms with Crippen LogP contribution >= 0.6 is 0 Å². The van der Waals surface area contributed by atoms with Crippen molar-refractivity contribution in [3.8, 4) is 0 Å². The fraction of sp³-hybridized carbons (Fsp3) is 0.611. The first-order valence-corrected chi connectivity index (χ1v) is 8.23. The molecule has 2 aliphatic rings. The highest BCUT2D eigenvalue weighted by atomic mass is 16.2. The molecule has 2 heterocycles. The van der Waals surface area contributed by atoms with Crippen molar-refractivity contribution in [3.05, 3.63) is 35.4 Å². The zero-order valence-corrected chi connectivity index (χ0v) is 13.1. The highest BCUT2D eigenvalue weighted by Gasteiger charge is 2.34. The summed E-state index contributed by atoms with van der Waals surface area (Å²) in [6.07, 6.45) is 4.12. The van der Waals surface area contributed by atoms with E-state index in [9.17, 15) is 4.79 Å². The molecule has 3 unspecified atom stereocenters. The number of nitrogens with zero attached hydrogens (tertiary/aromatic N) is 1. The van der Waals surface area contributed by atoms with E-state index >= 15 is 0 Å². The van der Waals surface area contributed by atoms with Gasteiger partial charge >= 0.3 is 0 Å². The van der Waals surface area contributed by atoms with Gasteiger partial charge in [-0.2, -0.15) is 0 Å². The Bertz CT molecular complexity index is 508. The van der Waals surface area contributed by atoms with E-state index in [1.807, 2.05) is 0 Å². The van der Waals surface area contributed by atoms with Gasteiger partial charge in [-0.15, -0.1) is 0 Å². The maximum atomic E-state index is 12.6. The van der Waals surface area contributed by atoms with E-state index in [4.69, 9.17) is 0 Å². The standard InChI is InChI=1S/C18H26N2O/c1-13-6-3-4-8-17(13)15-10-14(2)20(12-15)18(21)11-16-7-5-9-19-16/h3-4,6,8,14-16,19H,5,7,9-12H2,1-2H3. The van der Waals surface area contributed by atoms with Crippen LogP contribution in [-0.2, 0) is 4.79 Å². The molecular formula is C18H26N2O. The van der Waals surface area contributed by atoms with Crippen molar-refractivity contribution >= 4 is 5.91 Å². The van der Waals surface area contributed by atoms with Gasteiger partial charge in [-0.05, 0) is 50.8 Å². The monoisotopic (exact) mass is 286 g/mol. The number of rotatable bonds is 3. The van der Waals surface area contributed by atoms with Gasteiger partial charge in [-0.3, -0.25) is 4.79 Å². The van der Waals surface area contributed by atoms with Crippen molar-refractivity contribution in [2.75, 3.05) is 13.1 Å². The molecule has 3 nitrogen and oxygen atoms in total. The van der Waals surface area contributed by atoms with Gasteiger partial charge < -0.3 is 10.2 Å². The summed E-state index contributed by atoms with van der Waals surface area (Å²) in [6.45, 7) is 6.32. The van der Waals surface area contributed by atoms with Crippen molar-refractivity contribution in [2.45, 2.75) is 57.5 Å². The lowest BCUT2D eigenvalue weighted by molar-refractivity contribution is -0.132. The Morgan fingerprint density at radius 1 is 1.38 bits per heavy atom. The number of benzene rings is 1. The number of amides is 1. The molecule has 2 aliphatic heterocycles. The second kappa shape index (κ2) is 6.18. The van der Waals surface area contributed by atoms with Gasteiger partial charge in [0.1, 0.15) is 0 Å². The van der Waals surface area contributed by atoms with Crippen molar-refractivity contribution < 1.29 is 4.79 Å². The van der Waals surface area contributed by atoms with Gasteiger partial charge in [-0.1, -0.05) is 24.3 Å². The van der Waals surface area contributed by atoms with E-state index in [2.05, 4.69) is 48.3 Å². The van der Waals surface area contributed by atoms with Crippen LogP contribution in [0.4, 0.5) is 0 Å². The number of aryl methyl sites for hydroxylation is 1. The Labute approximate surface area is 127 Å². The molecular weight excluding hydrogens is 260 g/mol. The Morgan fingerprint density at radius 2 is 2.19 bits per heavy atom. The van der Waals surface area contributed by atoms with Crippen molar-refractivity contribution in [1.29, 1.82) is 0 Å². The number of hydrogen-bond donors (Lipinski definition) is 1. The fourth-order valence-electron chi connectivity index (χ4n) is 3.91. The van der Waals surface area contributed by atoms with E-state index < -0.39 is 0 Å². The van der Waals surface area contributed by atoms with Gasteiger partial charge in [0.05, 0.1) is 0 Å². The summed E-state index contributed by atoms with van der Waals surface area (Å²) in [5.74, 6) is 0.833. The number of hydrogen-bond acceptors (Lipinski definition) is 2. The van der Waals surface area contributed by atoms with Gasteiger partial charge in [0, 0.05) is 31.0 Å². The van der Waals surface area contributed by atoms with E-state index in [1.54, 1.807) is 0 Å². The lowest BCUT2D eigenvalue weighted by atomic mass is 9.93. The lowest BCUT2D eigenvalue weighted by Crippen LogP contribution is -2.37. The van der Waals surface area contributed by atoms with Crippen molar-refractivity contribution in [3.63, 3.8) is 0 Å². The first-order chi connectivity index (χ1) is 10.1. The third kappa shape index (κ3) is 3.13. The van der Waals surface area contributed by atoms with Crippen LogP contribution in [0.3, 0.4) is 0 Å². The van der Waals surface area contributed by atoms with Crippen LogP contribution in [0.25, 0.3) is 0 Å². The van der Waals surface area contributed by atoms with Gasteiger partial charge in [0.15, 0.2) is 0 Å². The van der Waals surface area contributed by atoms with Crippen LogP contribution in [0.1, 0.15) is 49.7 Å². The van der Waals surface area contributed by atoms with Crippen LogP contribution in [0.15, 0.2) is 24.3 Å². The summed E-state index contributed by atoms with van der Waals surface area (Å²) in [6, 6.07) is 9.36. The van der Waals surface area contributed by atoms with Crippen molar-refractivity contribution in [2.24, 2.45) is 0 Å². The minimum atomic E-state index is 0.331. The maximum absolute atomic E-state index is 12.6. The maximum Gasteiger partial charge on any atom is 0.224 e. The zero-order chi connectivity index (χ0) is 14.8. The first kappa shape index (κ1) is 14.6. The lowest BCUT2D eigenvalue weighted by Gasteiger charge is -2.23. The first-order valence-electron chi connectivity index (χ1n) is 8.23. The Morgan fingerprint density at radius 3 is 2.90 bits per heavy atom. The summed E-state index contributed by atoms with van der Waals surface area (Å²) >= 11 is 0. The van der Waals surface area contributed by atoms with Gasteiger partial charge in [-0.25, -0.2) is 0 Å². The van der Waals surface area contributed by atoms with Gasteiger partial charge in [0.2, 0.25) is 5.91 Å². The topological polar surface area (TPSA) is 32.3 Å². The molecule has 1 N–H and O–H groups in total. The molecule has 0 aromatic heterocycles. The van der Waals surface area contributed by atoms with E-state index in [0.717, 1.165) is 25.9 Å². The molecule has 0 aliphatic carbocycles. The normalized spacial score (nSPS) is 29.0. The predicted octanol–water partition coefficient (Wildman–Crippen LogP) is 2.84. The molecule has 0 bridgehead atoms. The molecule has 1 aromatic carbocycles. The molecule has 2 fully saturated rings. The molecule has 3 atom stereocenters. The molecule has 2 saturated heterocycles. The molecule has 0 radical (unpaired) electrons. The largest absolute Gasteiger partial charge is 0.339 e. The van der Waals surface area contributed by atoms with Gasteiger partial charge in [0.25, 0.3) is 0 Å². The number of likely N-dealkylation sites (tertiary alicyclic amines) is 1. The van der Waals surface area contributed by atoms with Crippen LogP contribution in [-0.4, -0.2) is 36.0 Å². The van der Waals surface area contributed by atoms with E-state index in [0.29, 0.717) is 30.3 Å². The second-order valence-corrected chi connectivity index (χ2v) is 6.68. The quantitative estimate of drug-likeness (QED) is 0.926. The van der Waals surface area contributed by atoms with E-state index in [1.165, 1.54) is 17.5 Å². The fourth-order valence-corrected chi connectivity index (χ4v) is 3.91. The number of carbonyl (C=O) groups excluding carboxylic acids is 1. The minimum absolute atomic E-state index is 0.331. The average molecular weight is 286 g/mol. The predicted molar refractivity (Wildman–Crippen MR) is 85.4 cm³/mol. The molecule has 3 heteroatoms. The molecule has 0 spiro atoms. The Hall–Kier alpha value is -1.35. The average Bonchev–Trinajstić information content (AvgIpc) is 3.09. The molecule has 114 valence electrons. The van der Waals surface area contributed by atoms with Crippen LogP contribution < -0.4 is 5.32 Å². The van der Waals surface area contributed by atoms with Crippen LogP contribution in [0, 0.1) is 6.92 Å².